The maximum Gasteiger partial charge on any atom is 0.272 e. The van der Waals surface area contributed by atoms with E-state index >= 15 is 0 Å². The zero-order valence-corrected chi connectivity index (χ0v) is 12.3. The van der Waals surface area contributed by atoms with Crippen molar-refractivity contribution in [1.82, 2.24) is 24.8 Å². The predicted molar refractivity (Wildman–Crippen MR) is 80.9 cm³/mol. The van der Waals surface area contributed by atoms with Gasteiger partial charge in [0, 0.05) is 31.8 Å². The van der Waals surface area contributed by atoms with Crippen LogP contribution in [-0.4, -0.2) is 25.4 Å². The van der Waals surface area contributed by atoms with E-state index in [1.165, 1.54) is 30.7 Å². The Bertz CT molecular complexity index is 818. The van der Waals surface area contributed by atoms with Gasteiger partial charge < -0.3 is 9.88 Å². The maximum absolute atomic E-state index is 13.6. The molecule has 0 saturated heterocycles. The fourth-order valence-corrected chi connectivity index (χ4v) is 2.26. The molecule has 1 aromatic carbocycles. The number of aryl methyl sites for hydroxylation is 1. The number of aromatic nitrogens is 4. The van der Waals surface area contributed by atoms with Gasteiger partial charge in [-0.15, -0.1) is 0 Å². The van der Waals surface area contributed by atoms with Crippen LogP contribution in [0, 0.1) is 5.82 Å². The minimum Gasteiger partial charge on any atom is -0.337 e. The average Bonchev–Trinajstić information content (AvgIpc) is 2.99. The zero-order chi connectivity index (χ0) is 16.2. The minimum atomic E-state index is -0.597. The standard InChI is InChI=1S/C16H14FN5O/c1-22-8-7-20-15(22)14(11-3-2-4-12(17)9-11)21-16(23)13-10-18-5-6-19-13/h2-10,14H,1H3,(H,21,23)/t14-/m0/s1. The van der Waals surface area contributed by atoms with Gasteiger partial charge in [0.1, 0.15) is 23.4 Å². The van der Waals surface area contributed by atoms with Gasteiger partial charge in [-0.05, 0) is 17.7 Å². The number of amides is 1. The Balaban J connectivity index is 1.96. The van der Waals surface area contributed by atoms with Crippen LogP contribution in [0.5, 0.6) is 0 Å². The quantitative estimate of drug-likeness (QED) is 0.798. The molecule has 0 bridgehead atoms. The summed E-state index contributed by atoms with van der Waals surface area (Å²) in [4.78, 5) is 24.5. The summed E-state index contributed by atoms with van der Waals surface area (Å²) in [7, 11) is 1.81. The van der Waals surface area contributed by atoms with Gasteiger partial charge in [0.25, 0.3) is 5.91 Å². The molecule has 0 aliphatic heterocycles. The van der Waals surface area contributed by atoms with E-state index in [1.807, 2.05) is 7.05 Å². The van der Waals surface area contributed by atoms with Gasteiger partial charge in [-0.25, -0.2) is 14.4 Å². The summed E-state index contributed by atoms with van der Waals surface area (Å²) in [5, 5.41) is 2.83. The molecule has 1 N–H and O–H groups in total. The smallest absolute Gasteiger partial charge is 0.272 e. The summed E-state index contributed by atoms with van der Waals surface area (Å²) < 4.78 is 15.3. The molecular formula is C16H14FN5O. The number of hydrogen-bond donors (Lipinski definition) is 1. The molecule has 2 aromatic heterocycles. The average molecular weight is 311 g/mol. The first kappa shape index (κ1) is 14.8. The largest absolute Gasteiger partial charge is 0.337 e. The maximum atomic E-state index is 13.6. The van der Waals surface area contributed by atoms with E-state index in [1.54, 1.807) is 29.1 Å². The van der Waals surface area contributed by atoms with Crippen LogP contribution in [0.3, 0.4) is 0 Å². The van der Waals surface area contributed by atoms with E-state index in [4.69, 9.17) is 0 Å². The summed E-state index contributed by atoms with van der Waals surface area (Å²) in [5.74, 6) is -0.196. The fraction of sp³-hybridized carbons (Fsp3) is 0.125. The van der Waals surface area contributed by atoms with Gasteiger partial charge in [0.2, 0.25) is 0 Å². The zero-order valence-electron chi connectivity index (χ0n) is 12.3. The van der Waals surface area contributed by atoms with Crippen LogP contribution in [0.15, 0.2) is 55.2 Å². The van der Waals surface area contributed by atoms with Crippen molar-refractivity contribution in [3.8, 4) is 0 Å². The Morgan fingerprint density at radius 2 is 2.13 bits per heavy atom. The lowest BCUT2D eigenvalue weighted by atomic mass is 10.1. The molecule has 1 atom stereocenters. The number of nitrogens with zero attached hydrogens (tertiary/aromatic N) is 4. The molecule has 6 nitrogen and oxygen atoms in total. The van der Waals surface area contributed by atoms with E-state index in [-0.39, 0.29) is 11.5 Å². The van der Waals surface area contributed by atoms with Gasteiger partial charge in [-0.2, -0.15) is 0 Å². The first-order valence-corrected chi connectivity index (χ1v) is 6.94. The van der Waals surface area contributed by atoms with Crippen molar-refractivity contribution in [2.24, 2.45) is 7.05 Å². The third-order valence-electron chi connectivity index (χ3n) is 3.37. The molecule has 3 aromatic rings. The van der Waals surface area contributed by atoms with Gasteiger partial charge in [-0.1, -0.05) is 12.1 Å². The van der Waals surface area contributed by atoms with Gasteiger partial charge in [-0.3, -0.25) is 9.78 Å². The van der Waals surface area contributed by atoms with Gasteiger partial charge >= 0.3 is 0 Å². The summed E-state index contributed by atoms with van der Waals surface area (Å²) in [6.45, 7) is 0. The highest BCUT2D eigenvalue weighted by Crippen LogP contribution is 2.21. The molecule has 116 valence electrons. The molecule has 23 heavy (non-hydrogen) atoms. The minimum absolute atomic E-state index is 0.183. The van der Waals surface area contributed by atoms with E-state index in [2.05, 4.69) is 20.3 Å². The van der Waals surface area contributed by atoms with Crippen LogP contribution in [0.4, 0.5) is 4.39 Å². The second kappa shape index (κ2) is 6.35. The predicted octanol–water partition coefficient (Wildman–Crippen LogP) is 1.87. The molecule has 0 radical (unpaired) electrons. The molecule has 7 heteroatoms. The Hall–Kier alpha value is -3.09. The number of rotatable bonds is 4. The summed E-state index contributed by atoms with van der Waals surface area (Å²) in [5.41, 5.74) is 0.777. The molecular weight excluding hydrogens is 297 g/mol. The van der Waals surface area contributed by atoms with Crippen molar-refractivity contribution < 1.29 is 9.18 Å². The number of hydrogen-bond acceptors (Lipinski definition) is 4. The number of halogens is 1. The van der Waals surface area contributed by atoms with Crippen LogP contribution in [0.2, 0.25) is 0 Å². The SMILES string of the molecule is Cn1ccnc1[C@@H](NC(=O)c1cnccn1)c1cccc(F)c1. The molecule has 0 aliphatic rings. The second-order valence-corrected chi connectivity index (χ2v) is 4.95. The van der Waals surface area contributed by atoms with Crippen molar-refractivity contribution in [2.75, 3.05) is 0 Å². The van der Waals surface area contributed by atoms with Crippen molar-refractivity contribution in [3.63, 3.8) is 0 Å². The van der Waals surface area contributed by atoms with Crippen LogP contribution >= 0.6 is 0 Å². The highest BCUT2D eigenvalue weighted by atomic mass is 19.1. The molecule has 2 heterocycles. The van der Waals surface area contributed by atoms with Crippen molar-refractivity contribution in [1.29, 1.82) is 0 Å². The Kier molecular flexibility index (Phi) is 4.09. The summed E-state index contributed by atoms with van der Waals surface area (Å²) >= 11 is 0. The molecule has 0 spiro atoms. The number of carbonyl (C=O) groups excluding carboxylic acids is 1. The normalized spacial score (nSPS) is 11.9. The number of nitrogens with one attached hydrogen (secondary N) is 1. The highest BCUT2D eigenvalue weighted by molar-refractivity contribution is 5.92. The molecule has 1 amide bonds. The first-order chi connectivity index (χ1) is 11.1. The van der Waals surface area contributed by atoms with Crippen LogP contribution < -0.4 is 5.32 Å². The Labute approximate surface area is 132 Å². The van der Waals surface area contributed by atoms with E-state index in [9.17, 15) is 9.18 Å². The first-order valence-electron chi connectivity index (χ1n) is 6.94. The lowest BCUT2D eigenvalue weighted by molar-refractivity contribution is 0.0935. The van der Waals surface area contributed by atoms with Crippen LogP contribution in [-0.2, 0) is 7.05 Å². The second-order valence-electron chi connectivity index (χ2n) is 4.95. The third-order valence-corrected chi connectivity index (χ3v) is 3.37. The molecule has 3 rings (SSSR count). The van der Waals surface area contributed by atoms with E-state index in [0.29, 0.717) is 11.4 Å². The molecule has 0 fully saturated rings. The number of carbonyl (C=O) groups is 1. The molecule has 0 saturated carbocycles. The Morgan fingerprint density at radius 3 is 2.78 bits per heavy atom. The topological polar surface area (TPSA) is 72.7 Å². The van der Waals surface area contributed by atoms with E-state index in [0.717, 1.165) is 0 Å². The van der Waals surface area contributed by atoms with Crippen molar-refractivity contribution >= 4 is 5.91 Å². The lowest BCUT2D eigenvalue weighted by Gasteiger charge is -2.19. The number of imidazole rings is 1. The summed E-state index contributed by atoms with van der Waals surface area (Å²) in [6.07, 6.45) is 7.68. The third kappa shape index (κ3) is 3.23. The molecule has 0 aliphatic carbocycles. The lowest BCUT2D eigenvalue weighted by Crippen LogP contribution is -2.31. The van der Waals surface area contributed by atoms with Crippen LogP contribution in [0.1, 0.15) is 27.9 Å². The highest BCUT2D eigenvalue weighted by Gasteiger charge is 2.22. The van der Waals surface area contributed by atoms with Crippen molar-refractivity contribution in [2.45, 2.75) is 6.04 Å². The van der Waals surface area contributed by atoms with Gasteiger partial charge in [0.15, 0.2) is 0 Å². The van der Waals surface area contributed by atoms with Crippen LogP contribution in [0.25, 0.3) is 0 Å². The van der Waals surface area contributed by atoms with Crippen molar-refractivity contribution in [3.05, 3.63) is 78.1 Å². The molecule has 0 unspecified atom stereocenters. The Morgan fingerprint density at radius 1 is 1.26 bits per heavy atom. The van der Waals surface area contributed by atoms with E-state index < -0.39 is 11.9 Å². The van der Waals surface area contributed by atoms with Gasteiger partial charge in [0.05, 0.1) is 6.20 Å². The number of benzene rings is 1. The monoisotopic (exact) mass is 311 g/mol. The summed E-state index contributed by atoms with van der Waals surface area (Å²) in [6, 6.07) is 5.45. The fourth-order valence-electron chi connectivity index (χ4n) is 2.26.